The molecule has 518 valence electrons. The largest absolute Gasteiger partial charge is 0.455 e. The maximum Gasteiger partial charge on any atom is 0.252 e. The van der Waals surface area contributed by atoms with Crippen molar-refractivity contribution in [3.8, 4) is 89.0 Å². The molecule has 2 aliphatic heterocycles. The van der Waals surface area contributed by atoms with Crippen LogP contribution in [0.1, 0.15) is 79.0 Å². The lowest BCUT2D eigenvalue weighted by Gasteiger charge is -2.47. The quantitative estimate of drug-likeness (QED) is 0.100. The summed E-state index contributed by atoms with van der Waals surface area (Å²) in [5.41, 5.74) is 33.7. The Hall–Kier alpha value is -12.5. The third-order valence-electron chi connectivity index (χ3n) is 22.9. The number of hydrogen-bond donors (Lipinski definition) is 0. The molecular formula is C104H83BN2O. The zero-order valence-electron chi connectivity index (χ0n) is 62.7. The molecule has 3 nitrogen and oxygen atoms in total. The standard InChI is InChI=1S/C104H83BN2O/c1-102(2,3)75-60-84(66-33-16-10-17-34-66)99(85(61-75)67-35-18-11-19-36-67)106-91-58-73(72-51-54-82-88(57-72)97(71-43-26-15-27-44-71)81-47-29-28-46-80(81)96(82)70-41-24-14-25-42-70)52-55-89(91)105-90-56-53-74(78-48-32-49-83-79-45-30-31-50-95(79)108-101(78)83)59-92(90)107(94-65-77(104(7,8)9)64-93(106)98(94)105)100-86(68-37-20-12-21-38-68)62-76(103(4,5)6)63-87(100)69-39-22-13-23-40-69/h10-65H,1-9H3. The Balaban J connectivity index is 0.973. The van der Waals surface area contributed by atoms with Crippen LogP contribution in [-0.2, 0) is 16.2 Å². The first-order valence-corrected chi connectivity index (χ1v) is 38.2. The topological polar surface area (TPSA) is 19.6 Å². The molecule has 19 rings (SSSR count). The first-order valence-electron chi connectivity index (χ1n) is 38.2. The van der Waals surface area contributed by atoms with Gasteiger partial charge in [-0.2, -0.15) is 0 Å². The summed E-state index contributed by atoms with van der Waals surface area (Å²) in [6.45, 7) is 21.1. The number of benzene rings is 16. The lowest BCUT2D eigenvalue weighted by atomic mass is 9.33. The van der Waals surface area contributed by atoms with Gasteiger partial charge >= 0.3 is 0 Å². The van der Waals surface area contributed by atoms with Gasteiger partial charge in [0.2, 0.25) is 0 Å². The highest BCUT2D eigenvalue weighted by Gasteiger charge is 2.47. The summed E-state index contributed by atoms with van der Waals surface area (Å²) in [6, 6.07) is 128. The molecule has 0 spiro atoms. The van der Waals surface area contributed by atoms with E-state index in [1.54, 1.807) is 0 Å². The maximum absolute atomic E-state index is 7.00. The van der Waals surface area contributed by atoms with Gasteiger partial charge in [0.1, 0.15) is 11.2 Å². The SMILES string of the molecule is CC(C)(C)c1cc(-c2ccccc2)c(N2c3cc(-c4ccc5c(-c6ccccc6)c6ccccc6c(-c6ccccc6)c5c4)ccc3B3c4ccc(-c5cccc6c5oc5ccccc56)cc4N(c4c(-c5ccccc5)cc(C(C)(C)C)cc4-c4ccccc4)c4cc(C(C)(C)C)cc2c43)c(-c2ccccc2)c1. The lowest BCUT2D eigenvalue weighted by Crippen LogP contribution is -2.61. The van der Waals surface area contributed by atoms with Crippen LogP contribution in [0, 0.1) is 0 Å². The van der Waals surface area contributed by atoms with E-state index in [9.17, 15) is 0 Å². The Morgan fingerprint density at radius 3 is 1.03 bits per heavy atom. The second-order valence-electron chi connectivity index (χ2n) is 32.7. The van der Waals surface area contributed by atoms with Crippen molar-refractivity contribution in [1.29, 1.82) is 0 Å². The summed E-state index contributed by atoms with van der Waals surface area (Å²) in [5, 5.41) is 7.10. The predicted molar refractivity (Wildman–Crippen MR) is 462 cm³/mol. The molecule has 108 heavy (non-hydrogen) atoms. The molecule has 0 unspecified atom stereocenters. The second-order valence-corrected chi connectivity index (χ2v) is 32.7. The molecule has 3 heterocycles. The van der Waals surface area contributed by atoms with Gasteiger partial charge in [-0.1, -0.05) is 341 Å². The van der Waals surface area contributed by atoms with Crippen molar-refractivity contribution in [2.75, 3.05) is 9.80 Å². The van der Waals surface area contributed by atoms with Crippen LogP contribution < -0.4 is 26.2 Å². The molecule has 0 N–H and O–H groups in total. The number of furan rings is 1. The van der Waals surface area contributed by atoms with E-state index in [-0.39, 0.29) is 23.0 Å². The van der Waals surface area contributed by atoms with Gasteiger partial charge < -0.3 is 14.2 Å². The Kier molecular flexibility index (Phi) is 15.7. The third-order valence-corrected chi connectivity index (χ3v) is 22.9. The van der Waals surface area contributed by atoms with Gasteiger partial charge in [-0.05, 0) is 193 Å². The summed E-state index contributed by atoms with van der Waals surface area (Å²) in [4.78, 5) is 5.44. The van der Waals surface area contributed by atoms with Crippen molar-refractivity contribution < 1.29 is 4.42 Å². The molecule has 0 bridgehead atoms. The zero-order chi connectivity index (χ0) is 73.3. The lowest BCUT2D eigenvalue weighted by molar-refractivity contribution is 0.590. The molecule has 0 fully saturated rings. The molecule has 0 amide bonds. The highest BCUT2D eigenvalue weighted by Crippen LogP contribution is 2.57. The van der Waals surface area contributed by atoms with E-state index in [2.05, 4.69) is 412 Å². The van der Waals surface area contributed by atoms with Crippen LogP contribution in [0.5, 0.6) is 0 Å². The maximum atomic E-state index is 7.00. The van der Waals surface area contributed by atoms with Crippen LogP contribution >= 0.6 is 0 Å². The molecule has 0 saturated heterocycles. The summed E-state index contributed by atoms with van der Waals surface area (Å²) in [5.74, 6) is 0. The van der Waals surface area contributed by atoms with Gasteiger partial charge in [-0.25, -0.2) is 0 Å². The molecule has 0 radical (unpaired) electrons. The average Bonchev–Trinajstić information content (AvgIpc) is 0.754. The van der Waals surface area contributed by atoms with Crippen LogP contribution in [0.2, 0.25) is 0 Å². The summed E-state index contributed by atoms with van der Waals surface area (Å²) in [6.07, 6.45) is 0. The Morgan fingerprint density at radius 2 is 0.583 bits per heavy atom. The minimum Gasteiger partial charge on any atom is -0.455 e. The molecule has 0 saturated carbocycles. The van der Waals surface area contributed by atoms with E-state index in [1.165, 1.54) is 76.9 Å². The van der Waals surface area contributed by atoms with E-state index in [0.717, 1.165) is 123 Å². The van der Waals surface area contributed by atoms with Crippen molar-refractivity contribution in [2.45, 2.75) is 78.6 Å². The summed E-state index contributed by atoms with van der Waals surface area (Å²) < 4.78 is 7.00. The van der Waals surface area contributed by atoms with Gasteiger partial charge in [0.15, 0.2) is 0 Å². The van der Waals surface area contributed by atoms with E-state index in [4.69, 9.17) is 4.42 Å². The second kappa shape index (κ2) is 25.6. The average molecular weight is 1390 g/mol. The molecule has 0 aliphatic carbocycles. The van der Waals surface area contributed by atoms with E-state index in [1.807, 2.05) is 0 Å². The molecule has 1 aromatic heterocycles. The number of para-hydroxylation sites is 2. The fraction of sp³-hybridized carbons (Fsp3) is 0.115. The molecule has 17 aromatic rings. The third kappa shape index (κ3) is 11.1. The van der Waals surface area contributed by atoms with Crippen molar-refractivity contribution in [2.24, 2.45) is 0 Å². The molecule has 2 aliphatic rings. The zero-order valence-corrected chi connectivity index (χ0v) is 62.7. The van der Waals surface area contributed by atoms with Crippen LogP contribution in [0.25, 0.3) is 132 Å². The number of fused-ring (bicyclic) bond motifs is 9. The van der Waals surface area contributed by atoms with Gasteiger partial charge in [0, 0.05) is 61.3 Å². The van der Waals surface area contributed by atoms with Crippen molar-refractivity contribution in [1.82, 2.24) is 0 Å². The van der Waals surface area contributed by atoms with Gasteiger partial charge in [-0.3, -0.25) is 0 Å². The summed E-state index contributed by atoms with van der Waals surface area (Å²) in [7, 11) is 0. The molecule has 16 aromatic carbocycles. The molecule has 0 atom stereocenters. The van der Waals surface area contributed by atoms with Crippen molar-refractivity contribution in [3.05, 3.63) is 356 Å². The number of anilines is 6. The van der Waals surface area contributed by atoms with Crippen LogP contribution in [-0.4, -0.2) is 6.71 Å². The van der Waals surface area contributed by atoms with Crippen LogP contribution in [0.4, 0.5) is 34.1 Å². The minimum atomic E-state index is -0.342. The smallest absolute Gasteiger partial charge is 0.252 e. The Morgan fingerprint density at radius 1 is 0.241 bits per heavy atom. The van der Waals surface area contributed by atoms with Crippen molar-refractivity contribution >= 4 is 101 Å². The van der Waals surface area contributed by atoms with E-state index >= 15 is 0 Å². The van der Waals surface area contributed by atoms with Gasteiger partial charge in [0.25, 0.3) is 6.71 Å². The fourth-order valence-electron chi connectivity index (χ4n) is 17.4. The first kappa shape index (κ1) is 66.2. The highest BCUT2D eigenvalue weighted by atomic mass is 16.3. The number of hydrogen-bond acceptors (Lipinski definition) is 3. The molecule has 4 heteroatoms. The minimum absolute atomic E-state index is 0.199. The van der Waals surface area contributed by atoms with E-state index in [0.29, 0.717) is 0 Å². The van der Waals surface area contributed by atoms with Gasteiger partial charge in [-0.15, -0.1) is 0 Å². The predicted octanol–water partition coefficient (Wildman–Crippen LogP) is 27.2. The normalized spacial score (nSPS) is 12.8. The Labute approximate surface area is 634 Å². The fourth-order valence-corrected chi connectivity index (χ4v) is 17.4. The summed E-state index contributed by atoms with van der Waals surface area (Å²) >= 11 is 0. The van der Waals surface area contributed by atoms with Crippen LogP contribution in [0.3, 0.4) is 0 Å². The highest BCUT2D eigenvalue weighted by molar-refractivity contribution is 7.00. The first-order chi connectivity index (χ1) is 52.5. The monoisotopic (exact) mass is 1390 g/mol. The number of nitrogens with zero attached hydrogens (tertiary/aromatic N) is 2. The number of rotatable bonds is 10. The Bertz CT molecular complexity index is 6280. The van der Waals surface area contributed by atoms with Gasteiger partial charge in [0.05, 0.1) is 11.4 Å². The molecular weight excluding hydrogens is 1300 g/mol. The van der Waals surface area contributed by atoms with E-state index < -0.39 is 0 Å². The van der Waals surface area contributed by atoms with Crippen LogP contribution in [0.15, 0.2) is 344 Å². The van der Waals surface area contributed by atoms with Crippen molar-refractivity contribution in [3.63, 3.8) is 0 Å².